The van der Waals surface area contributed by atoms with E-state index >= 15 is 0 Å². The van der Waals surface area contributed by atoms with Crippen LogP contribution in [0.1, 0.15) is 48.2 Å². The van der Waals surface area contributed by atoms with E-state index in [0.29, 0.717) is 11.7 Å². The molecule has 1 aliphatic heterocycles. The molecule has 4 rings (SSSR count). The average Bonchev–Trinajstić information content (AvgIpc) is 2.86. The Balaban J connectivity index is 1.75. The van der Waals surface area contributed by atoms with Gasteiger partial charge in [-0.3, -0.25) is 9.78 Å². The molecule has 20 heavy (non-hydrogen) atoms. The number of fused-ring (bicyclic) bond motifs is 3. The lowest BCUT2D eigenvalue weighted by molar-refractivity contribution is 0.0656. The molecule has 2 aliphatic rings. The van der Waals surface area contributed by atoms with Gasteiger partial charge in [0.05, 0.1) is 0 Å². The number of pyridine rings is 1. The molecule has 0 unspecified atom stereocenters. The first kappa shape index (κ1) is 11.9. The summed E-state index contributed by atoms with van der Waals surface area (Å²) in [7, 11) is 0. The SMILES string of the molecule is O=C1c2ncc3ccccc3c2CN1C1CCCCC1. The molecular formula is C17H18N2O. The van der Waals surface area contributed by atoms with Crippen molar-refractivity contribution in [1.29, 1.82) is 0 Å². The molecule has 0 N–H and O–H groups in total. The summed E-state index contributed by atoms with van der Waals surface area (Å²) in [6.45, 7) is 0.743. The van der Waals surface area contributed by atoms with Crippen molar-refractivity contribution in [1.82, 2.24) is 9.88 Å². The van der Waals surface area contributed by atoms with Gasteiger partial charge in [0.1, 0.15) is 5.69 Å². The molecule has 0 radical (unpaired) electrons. The molecule has 1 fully saturated rings. The van der Waals surface area contributed by atoms with Crippen LogP contribution in [0.3, 0.4) is 0 Å². The highest BCUT2D eigenvalue weighted by Gasteiger charge is 2.35. The summed E-state index contributed by atoms with van der Waals surface area (Å²) >= 11 is 0. The van der Waals surface area contributed by atoms with Gasteiger partial charge in [-0.15, -0.1) is 0 Å². The second-order valence-electron chi connectivity index (χ2n) is 5.90. The lowest BCUT2D eigenvalue weighted by Gasteiger charge is -2.30. The van der Waals surface area contributed by atoms with Gasteiger partial charge < -0.3 is 4.90 Å². The highest BCUT2D eigenvalue weighted by molar-refractivity contribution is 6.02. The molecule has 0 saturated heterocycles. The number of hydrogen-bond donors (Lipinski definition) is 0. The van der Waals surface area contributed by atoms with Crippen molar-refractivity contribution in [2.75, 3.05) is 0 Å². The van der Waals surface area contributed by atoms with E-state index in [9.17, 15) is 4.79 Å². The topological polar surface area (TPSA) is 33.2 Å². The van der Waals surface area contributed by atoms with Crippen LogP contribution in [-0.2, 0) is 6.54 Å². The minimum absolute atomic E-state index is 0.137. The molecule has 3 nitrogen and oxygen atoms in total. The van der Waals surface area contributed by atoms with Gasteiger partial charge in [0.25, 0.3) is 5.91 Å². The Labute approximate surface area is 118 Å². The van der Waals surface area contributed by atoms with Crippen LogP contribution in [0.2, 0.25) is 0 Å². The van der Waals surface area contributed by atoms with Gasteiger partial charge in [-0.25, -0.2) is 0 Å². The van der Waals surface area contributed by atoms with Crippen LogP contribution >= 0.6 is 0 Å². The van der Waals surface area contributed by atoms with Crippen molar-refractivity contribution in [3.05, 3.63) is 41.7 Å². The van der Waals surface area contributed by atoms with E-state index in [2.05, 4.69) is 22.0 Å². The number of benzene rings is 1. The molecule has 0 bridgehead atoms. The van der Waals surface area contributed by atoms with Crippen LogP contribution in [0.5, 0.6) is 0 Å². The molecule has 1 aromatic heterocycles. The highest BCUT2D eigenvalue weighted by atomic mass is 16.2. The van der Waals surface area contributed by atoms with E-state index in [4.69, 9.17) is 0 Å². The van der Waals surface area contributed by atoms with Crippen molar-refractivity contribution in [3.8, 4) is 0 Å². The summed E-state index contributed by atoms with van der Waals surface area (Å²) in [6, 6.07) is 8.65. The van der Waals surface area contributed by atoms with Crippen molar-refractivity contribution in [3.63, 3.8) is 0 Å². The number of carbonyl (C=O) groups is 1. The fourth-order valence-corrected chi connectivity index (χ4v) is 3.63. The first-order valence-corrected chi connectivity index (χ1v) is 7.52. The zero-order chi connectivity index (χ0) is 13.5. The standard InChI is InChI=1S/C17H18N2O/c20-17-16-15(11-19(17)13-7-2-1-3-8-13)14-9-5-4-6-12(14)10-18-16/h4-6,9-10,13H,1-3,7-8,11H2. The molecule has 1 saturated carbocycles. The number of hydrogen-bond acceptors (Lipinski definition) is 2. The van der Waals surface area contributed by atoms with Gasteiger partial charge in [-0.2, -0.15) is 0 Å². The Hall–Kier alpha value is -1.90. The fraction of sp³-hybridized carbons (Fsp3) is 0.412. The van der Waals surface area contributed by atoms with Crippen molar-refractivity contribution >= 4 is 16.7 Å². The summed E-state index contributed by atoms with van der Waals surface area (Å²) in [5.41, 5.74) is 1.80. The maximum Gasteiger partial charge on any atom is 0.273 e. The minimum Gasteiger partial charge on any atom is -0.330 e. The fourth-order valence-electron chi connectivity index (χ4n) is 3.63. The summed E-state index contributed by atoms with van der Waals surface area (Å²) in [5, 5.41) is 2.31. The second-order valence-corrected chi connectivity index (χ2v) is 5.90. The number of rotatable bonds is 1. The Kier molecular flexibility index (Phi) is 2.72. The van der Waals surface area contributed by atoms with Crippen LogP contribution in [0.25, 0.3) is 10.8 Å². The van der Waals surface area contributed by atoms with Crippen LogP contribution in [0, 0.1) is 0 Å². The van der Waals surface area contributed by atoms with Gasteiger partial charge in [0.15, 0.2) is 0 Å². The van der Waals surface area contributed by atoms with Gasteiger partial charge >= 0.3 is 0 Å². The monoisotopic (exact) mass is 266 g/mol. The lowest BCUT2D eigenvalue weighted by Crippen LogP contribution is -2.36. The molecule has 2 heterocycles. The molecule has 1 aliphatic carbocycles. The van der Waals surface area contributed by atoms with Crippen LogP contribution in [0.15, 0.2) is 30.5 Å². The largest absolute Gasteiger partial charge is 0.330 e. The van der Waals surface area contributed by atoms with E-state index in [-0.39, 0.29) is 5.91 Å². The predicted octanol–water partition coefficient (Wildman–Crippen LogP) is 3.52. The molecule has 0 spiro atoms. The van der Waals surface area contributed by atoms with Crippen molar-refractivity contribution in [2.45, 2.75) is 44.7 Å². The van der Waals surface area contributed by atoms with Crippen LogP contribution < -0.4 is 0 Å². The van der Waals surface area contributed by atoms with Gasteiger partial charge in [0, 0.05) is 29.7 Å². The summed E-state index contributed by atoms with van der Waals surface area (Å²) < 4.78 is 0. The third kappa shape index (κ3) is 1.73. The predicted molar refractivity (Wildman–Crippen MR) is 78.5 cm³/mol. The summed E-state index contributed by atoms with van der Waals surface area (Å²) in [4.78, 5) is 19.1. The normalized spacial score (nSPS) is 19.6. The van der Waals surface area contributed by atoms with Crippen molar-refractivity contribution in [2.24, 2.45) is 0 Å². The summed E-state index contributed by atoms with van der Waals surface area (Å²) in [6.07, 6.45) is 7.94. The number of nitrogens with zero attached hydrogens (tertiary/aromatic N) is 2. The smallest absolute Gasteiger partial charge is 0.273 e. The molecule has 2 aromatic rings. The average molecular weight is 266 g/mol. The van der Waals surface area contributed by atoms with Gasteiger partial charge in [-0.05, 0) is 18.2 Å². The van der Waals surface area contributed by atoms with Crippen molar-refractivity contribution < 1.29 is 4.79 Å². The Morgan fingerprint density at radius 1 is 1.10 bits per heavy atom. The quantitative estimate of drug-likeness (QED) is 0.791. The molecule has 0 atom stereocenters. The highest BCUT2D eigenvalue weighted by Crippen LogP contribution is 2.33. The van der Waals surface area contributed by atoms with Crippen LogP contribution in [-0.4, -0.2) is 21.8 Å². The third-order valence-corrected chi connectivity index (χ3v) is 4.71. The Morgan fingerprint density at radius 2 is 1.90 bits per heavy atom. The zero-order valence-electron chi connectivity index (χ0n) is 11.5. The van der Waals surface area contributed by atoms with Gasteiger partial charge in [-0.1, -0.05) is 43.5 Å². The summed E-state index contributed by atoms with van der Waals surface area (Å²) in [5.74, 6) is 0.137. The van der Waals surface area contributed by atoms with E-state index in [1.165, 1.54) is 24.6 Å². The Morgan fingerprint density at radius 3 is 2.75 bits per heavy atom. The number of amides is 1. The van der Waals surface area contributed by atoms with E-state index in [1.54, 1.807) is 0 Å². The van der Waals surface area contributed by atoms with E-state index in [0.717, 1.165) is 30.3 Å². The lowest BCUT2D eigenvalue weighted by atomic mass is 9.94. The number of carbonyl (C=O) groups excluding carboxylic acids is 1. The molecular weight excluding hydrogens is 248 g/mol. The number of aromatic nitrogens is 1. The minimum atomic E-state index is 0.137. The molecule has 102 valence electrons. The van der Waals surface area contributed by atoms with E-state index < -0.39 is 0 Å². The molecule has 3 heteroatoms. The maximum absolute atomic E-state index is 12.6. The second kappa shape index (κ2) is 4.58. The zero-order valence-corrected chi connectivity index (χ0v) is 11.5. The first-order chi connectivity index (χ1) is 9.84. The maximum atomic E-state index is 12.6. The Bertz CT molecular complexity index is 674. The molecule has 1 amide bonds. The van der Waals surface area contributed by atoms with E-state index in [1.807, 2.05) is 18.3 Å². The van der Waals surface area contributed by atoms with Crippen LogP contribution in [0.4, 0.5) is 0 Å². The third-order valence-electron chi connectivity index (χ3n) is 4.71. The first-order valence-electron chi connectivity index (χ1n) is 7.52. The molecule has 1 aromatic carbocycles. The van der Waals surface area contributed by atoms with Gasteiger partial charge in [0.2, 0.25) is 0 Å².